The normalized spacial score (nSPS) is 12.0. The minimum atomic E-state index is -4.73. The summed E-state index contributed by atoms with van der Waals surface area (Å²) in [5.74, 6) is -0.0672. The molecule has 196 valence electrons. The highest BCUT2D eigenvalue weighted by atomic mass is 31.2. The molecule has 0 unspecified atom stereocenters. The third-order valence-corrected chi connectivity index (χ3v) is 6.16. The Labute approximate surface area is 220 Å². The number of methoxy groups -OCH3 is 1. The van der Waals surface area contributed by atoms with Crippen LogP contribution in [-0.4, -0.2) is 37.8 Å². The number of nitrogens with one attached hydrogen (secondary N) is 1. The SMILES string of the molecule is COc1cc(-c2cncc(C[C@@H](C)c3cccc(NC(=O)c4cncc(C)c4)c3)n2)ccc1OP(=O)(O)O. The minimum absolute atomic E-state index is 0.0746. The van der Waals surface area contributed by atoms with Crippen LogP contribution in [0.25, 0.3) is 11.3 Å². The molecule has 4 aromatic rings. The second kappa shape index (κ2) is 11.5. The predicted octanol–water partition coefficient (Wildman–Crippen LogP) is 4.93. The molecular weight excluding hydrogens is 507 g/mol. The van der Waals surface area contributed by atoms with Crippen molar-refractivity contribution in [2.45, 2.75) is 26.2 Å². The molecule has 0 aliphatic carbocycles. The van der Waals surface area contributed by atoms with Gasteiger partial charge in [-0.05, 0) is 66.8 Å². The van der Waals surface area contributed by atoms with Crippen LogP contribution in [0.5, 0.6) is 11.5 Å². The molecular formula is C27H27N4O6P. The van der Waals surface area contributed by atoms with Gasteiger partial charge in [0.15, 0.2) is 11.5 Å². The van der Waals surface area contributed by atoms with Crippen LogP contribution >= 0.6 is 7.82 Å². The standard InChI is InChI=1S/C27H27N4O6P/c1-17-9-21(14-28-13-17)27(32)31-22-6-4-5-19(11-22)18(2)10-23-15-29-16-24(30-23)20-7-8-25(26(12-20)36-3)37-38(33,34)35/h4-9,11-16,18H,10H2,1-3H3,(H,31,32)(H2,33,34,35)/t18-/m1/s1. The van der Waals surface area contributed by atoms with Gasteiger partial charge in [0.25, 0.3) is 5.91 Å². The number of phosphoric ester groups is 1. The Balaban J connectivity index is 1.49. The van der Waals surface area contributed by atoms with Crippen LogP contribution in [-0.2, 0) is 11.0 Å². The monoisotopic (exact) mass is 534 g/mol. The number of nitrogens with zero attached hydrogens (tertiary/aromatic N) is 3. The number of phosphoric acid groups is 1. The first-order valence-corrected chi connectivity index (χ1v) is 13.2. The Morgan fingerprint density at radius 3 is 2.55 bits per heavy atom. The Morgan fingerprint density at radius 1 is 1.03 bits per heavy atom. The zero-order chi connectivity index (χ0) is 27.3. The van der Waals surface area contributed by atoms with Gasteiger partial charge < -0.3 is 14.6 Å². The number of aromatic nitrogens is 3. The van der Waals surface area contributed by atoms with E-state index in [1.165, 1.54) is 19.4 Å². The molecule has 0 fully saturated rings. The number of carbonyl (C=O) groups excluding carboxylic acids is 1. The Hall–Kier alpha value is -4.11. The van der Waals surface area contributed by atoms with Gasteiger partial charge >= 0.3 is 7.82 Å². The zero-order valence-electron chi connectivity index (χ0n) is 21.0. The smallest absolute Gasteiger partial charge is 0.493 e. The molecule has 2 aromatic carbocycles. The fraction of sp³-hybridized carbons (Fsp3) is 0.185. The van der Waals surface area contributed by atoms with Gasteiger partial charge in [0.1, 0.15) is 0 Å². The molecule has 0 spiro atoms. The molecule has 0 radical (unpaired) electrons. The minimum Gasteiger partial charge on any atom is -0.493 e. The number of pyridine rings is 1. The average molecular weight is 535 g/mol. The van der Waals surface area contributed by atoms with E-state index in [1.807, 2.05) is 31.2 Å². The van der Waals surface area contributed by atoms with Crippen molar-refractivity contribution < 1.29 is 28.4 Å². The van der Waals surface area contributed by atoms with Crippen molar-refractivity contribution in [3.63, 3.8) is 0 Å². The number of carbonyl (C=O) groups is 1. The summed E-state index contributed by atoms with van der Waals surface area (Å²) in [5, 5.41) is 2.93. The molecule has 10 nitrogen and oxygen atoms in total. The van der Waals surface area contributed by atoms with Crippen molar-refractivity contribution in [2.75, 3.05) is 12.4 Å². The maximum Gasteiger partial charge on any atom is 0.524 e. The van der Waals surface area contributed by atoms with E-state index in [-0.39, 0.29) is 23.3 Å². The number of benzene rings is 2. The molecule has 1 amide bonds. The molecule has 4 rings (SSSR count). The lowest BCUT2D eigenvalue weighted by Crippen LogP contribution is -2.12. The lowest BCUT2D eigenvalue weighted by molar-refractivity contribution is 0.102. The summed E-state index contributed by atoms with van der Waals surface area (Å²) in [6, 6.07) is 14.1. The summed E-state index contributed by atoms with van der Waals surface area (Å²) >= 11 is 0. The van der Waals surface area contributed by atoms with Gasteiger partial charge in [-0.25, -0.2) is 9.55 Å². The van der Waals surface area contributed by atoms with Crippen molar-refractivity contribution in [2.24, 2.45) is 0 Å². The number of amides is 1. The van der Waals surface area contributed by atoms with Crippen molar-refractivity contribution in [1.82, 2.24) is 15.0 Å². The second-order valence-corrected chi connectivity index (χ2v) is 9.94. The summed E-state index contributed by atoms with van der Waals surface area (Å²) in [6.45, 7) is 3.95. The van der Waals surface area contributed by atoms with Crippen LogP contribution in [0, 0.1) is 6.92 Å². The first-order chi connectivity index (χ1) is 18.1. The Morgan fingerprint density at radius 2 is 1.82 bits per heavy atom. The summed E-state index contributed by atoms with van der Waals surface area (Å²) in [7, 11) is -3.35. The van der Waals surface area contributed by atoms with Crippen molar-refractivity contribution in [3.05, 3.63) is 95.7 Å². The highest BCUT2D eigenvalue weighted by Gasteiger charge is 2.20. The largest absolute Gasteiger partial charge is 0.524 e. The predicted molar refractivity (Wildman–Crippen MR) is 142 cm³/mol. The number of hydrogen-bond acceptors (Lipinski definition) is 7. The highest BCUT2D eigenvalue weighted by Crippen LogP contribution is 2.43. The van der Waals surface area contributed by atoms with Crippen molar-refractivity contribution in [3.8, 4) is 22.8 Å². The average Bonchev–Trinajstić information content (AvgIpc) is 2.88. The van der Waals surface area contributed by atoms with Crippen LogP contribution in [0.1, 0.15) is 40.0 Å². The number of anilines is 1. The van der Waals surface area contributed by atoms with Gasteiger partial charge in [0.2, 0.25) is 0 Å². The molecule has 2 heterocycles. The fourth-order valence-electron chi connectivity index (χ4n) is 3.91. The second-order valence-electron chi connectivity index (χ2n) is 8.78. The molecule has 38 heavy (non-hydrogen) atoms. The summed E-state index contributed by atoms with van der Waals surface area (Å²) in [4.78, 5) is 43.9. The maximum atomic E-state index is 12.6. The van der Waals surface area contributed by atoms with E-state index in [0.717, 1.165) is 16.8 Å². The molecule has 11 heteroatoms. The molecule has 0 saturated carbocycles. The lowest BCUT2D eigenvalue weighted by atomic mass is 9.95. The van der Waals surface area contributed by atoms with E-state index >= 15 is 0 Å². The van der Waals surface area contributed by atoms with Crippen LogP contribution in [0.15, 0.2) is 73.3 Å². The van der Waals surface area contributed by atoms with Crippen LogP contribution < -0.4 is 14.6 Å². The quantitative estimate of drug-likeness (QED) is 0.255. The summed E-state index contributed by atoms with van der Waals surface area (Å²) in [5.41, 5.74) is 5.09. The highest BCUT2D eigenvalue weighted by molar-refractivity contribution is 7.46. The summed E-state index contributed by atoms with van der Waals surface area (Å²) < 4.78 is 21.1. The van der Waals surface area contributed by atoms with Gasteiger partial charge in [-0.3, -0.25) is 24.5 Å². The fourth-order valence-corrected chi connectivity index (χ4v) is 4.32. The van der Waals surface area contributed by atoms with Crippen LogP contribution in [0.2, 0.25) is 0 Å². The molecule has 0 aliphatic rings. The van der Waals surface area contributed by atoms with Gasteiger partial charge in [0, 0.05) is 29.8 Å². The van der Waals surface area contributed by atoms with Crippen molar-refractivity contribution in [1.29, 1.82) is 0 Å². The van der Waals surface area contributed by atoms with Gasteiger partial charge in [0.05, 0.1) is 30.3 Å². The lowest BCUT2D eigenvalue weighted by Gasteiger charge is -2.15. The van der Waals surface area contributed by atoms with Gasteiger partial charge in [-0.1, -0.05) is 19.1 Å². The molecule has 0 bridgehead atoms. The van der Waals surface area contributed by atoms with Crippen LogP contribution in [0.4, 0.5) is 5.69 Å². The van der Waals surface area contributed by atoms with Crippen molar-refractivity contribution >= 4 is 19.4 Å². The third-order valence-electron chi connectivity index (χ3n) is 5.73. The van der Waals surface area contributed by atoms with E-state index in [0.29, 0.717) is 28.9 Å². The molecule has 0 aliphatic heterocycles. The first-order valence-electron chi connectivity index (χ1n) is 11.7. The van der Waals surface area contributed by atoms with E-state index < -0.39 is 7.82 Å². The molecule has 2 aromatic heterocycles. The Bertz CT molecular complexity index is 1510. The zero-order valence-corrected chi connectivity index (χ0v) is 21.9. The summed E-state index contributed by atoms with van der Waals surface area (Å²) in [6.07, 6.45) is 7.12. The topological polar surface area (TPSA) is 144 Å². The molecule has 1 atom stereocenters. The third kappa shape index (κ3) is 7.01. The Kier molecular flexibility index (Phi) is 8.16. The van der Waals surface area contributed by atoms with Gasteiger partial charge in [-0.2, -0.15) is 0 Å². The van der Waals surface area contributed by atoms with E-state index in [2.05, 4.69) is 26.7 Å². The van der Waals surface area contributed by atoms with E-state index in [4.69, 9.17) is 19.5 Å². The molecule has 0 saturated heterocycles. The van der Waals surface area contributed by atoms with E-state index in [1.54, 1.807) is 36.8 Å². The number of aryl methyl sites for hydroxylation is 1. The number of hydrogen-bond donors (Lipinski definition) is 3. The number of rotatable bonds is 9. The van der Waals surface area contributed by atoms with Crippen LogP contribution in [0.3, 0.4) is 0 Å². The first kappa shape index (κ1) is 26.9. The van der Waals surface area contributed by atoms with Gasteiger partial charge in [-0.15, -0.1) is 0 Å². The maximum absolute atomic E-state index is 12.6. The van der Waals surface area contributed by atoms with E-state index in [9.17, 15) is 9.36 Å². The molecule has 3 N–H and O–H groups in total. The number of ether oxygens (including phenoxy) is 1.